The number of hydrogen-bond donors (Lipinski definition) is 2. The van der Waals surface area contributed by atoms with E-state index in [0.29, 0.717) is 12.8 Å². The van der Waals surface area contributed by atoms with Gasteiger partial charge in [0.2, 0.25) is 5.91 Å². The van der Waals surface area contributed by atoms with E-state index in [2.05, 4.69) is 5.32 Å². The summed E-state index contributed by atoms with van der Waals surface area (Å²) < 4.78 is 5.33. The zero-order chi connectivity index (χ0) is 13.5. The van der Waals surface area contributed by atoms with Crippen LogP contribution in [0.2, 0.25) is 5.02 Å². The average Bonchev–Trinajstić information content (AvgIpc) is 2.33. The van der Waals surface area contributed by atoms with Crippen LogP contribution in [0, 0.1) is 0 Å². The van der Waals surface area contributed by atoms with Gasteiger partial charge < -0.3 is 15.2 Å². The van der Waals surface area contributed by atoms with Crippen molar-refractivity contribution in [2.45, 2.75) is 12.8 Å². The third-order valence-corrected chi connectivity index (χ3v) is 2.59. The first-order valence-corrected chi connectivity index (χ1v) is 5.79. The molecule has 0 heterocycles. The summed E-state index contributed by atoms with van der Waals surface area (Å²) in [6, 6.07) is 4.64. The summed E-state index contributed by atoms with van der Waals surface area (Å²) in [5, 5.41) is 11.6. The molecule has 1 aromatic rings. The van der Waals surface area contributed by atoms with Gasteiger partial charge in [0.05, 0.1) is 11.6 Å². The fourth-order valence-electron chi connectivity index (χ4n) is 1.37. The Kier molecular flexibility index (Phi) is 5.45. The minimum Gasteiger partial charge on any atom is -0.493 e. The van der Waals surface area contributed by atoms with Gasteiger partial charge in [-0.25, -0.2) is 4.79 Å². The maximum Gasteiger partial charge on any atom is 0.341 e. The Morgan fingerprint density at radius 1 is 1.44 bits per heavy atom. The van der Waals surface area contributed by atoms with E-state index in [1.807, 2.05) is 0 Å². The third-order valence-electron chi connectivity index (χ3n) is 2.27. The van der Waals surface area contributed by atoms with E-state index < -0.39 is 5.97 Å². The van der Waals surface area contributed by atoms with E-state index in [1.54, 1.807) is 13.1 Å². The largest absolute Gasteiger partial charge is 0.493 e. The van der Waals surface area contributed by atoms with Crippen LogP contribution < -0.4 is 10.1 Å². The molecule has 2 N–H and O–H groups in total. The van der Waals surface area contributed by atoms with Crippen molar-refractivity contribution in [1.82, 2.24) is 5.32 Å². The lowest BCUT2D eigenvalue weighted by Gasteiger charge is -2.09. The molecule has 0 radical (unpaired) electrons. The zero-order valence-electron chi connectivity index (χ0n) is 9.90. The molecule has 0 saturated heterocycles. The van der Waals surface area contributed by atoms with Crippen LogP contribution in [-0.2, 0) is 4.79 Å². The molecular weight excluding hydrogens is 258 g/mol. The monoisotopic (exact) mass is 271 g/mol. The number of ether oxygens (including phenoxy) is 1. The molecule has 5 nitrogen and oxygen atoms in total. The van der Waals surface area contributed by atoms with Crippen LogP contribution in [0.5, 0.6) is 5.75 Å². The molecule has 0 aliphatic rings. The van der Waals surface area contributed by atoms with Crippen molar-refractivity contribution in [3.8, 4) is 5.75 Å². The predicted molar refractivity (Wildman–Crippen MR) is 67.2 cm³/mol. The Labute approximate surface area is 110 Å². The topological polar surface area (TPSA) is 75.6 Å². The number of carbonyl (C=O) groups excluding carboxylic acids is 1. The molecule has 0 unspecified atom stereocenters. The second-order valence-electron chi connectivity index (χ2n) is 3.54. The second kappa shape index (κ2) is 6.86. The second-order valence-corrected chi connectivity index (χ2v) is 3.95. The van der Waals surface area contributed by atoms with Crippen molar-refractivity contribution in [2.24, 2.45) is 0 Å². The lowest BCUT2D eigenvalue weighted by Crippen LogP contribution is -2.18. The van der Waals surface area contributed by atoms with E-state index >= 15 is 0 Å². The third kappa shape index (κ3) is 3.92. The summed E-state index contributed by atoms with van der Waals surface area (Å²) in [5.74, 6) is -1.00. The number of rotatable bonds is 6. The summed E-state index contributed by atoms with van der Waals surface area (Å²) in [6.07, 6.45) is 0.838. The van der Waals surface area contributed by atoms with Crippen molar-refractivity contribution in [3.05, 3.63) is 28.8 Å². The first-order valence-electron chi connectivity index (χ1n) is 5.41. The van der Waals surface area contributed by atoms with Gasteiger partial charge in [-0.05, 0) is 18.6 Å². The molecule has 98 valence electrons. The molecule has 0 fully saturated rings. The smallest absolute Gasteiger partial charge is 0.341 e. The van der Waals surface area contributed by atoms with Gasteiger partial charge in [0, 0.05) is 13.5 Å². The summed E-state index contributed by atoms with van der Waals surface area (Å²) >= 11 is 5.79. The van der Waals surface area contributed by atoms with Crippen LogP contribution in [0.3, 0.4) is 0 Å². The van der Waals surface area contributed by atoms with Crippen LogP contribution in [0.1, 0.15) is 23.2 Å². The number of aromatic carboxylic acids is 1. The quantitative estimate of drug-likeness (QED) is 0.776. The van der Waals surface area contributed by atoms with E-state index in [-0.39, 0.29) is 28.8 Å². The number of nitrogens with one attached hydrogen (secondary N) is 1. The highest BCUT2D eigenvalue weighted by Gasteiger charge is 2.15. The Balaban J connectivity index is 2.60. The Morgan fingerprint density at radius 3 is 2.78 bits per heavy atom. The molecular formula is C12H14ClNO4. The molecule has 0 bridgehead atoms. The van der Waals surface area contributed by atoms with E-state index in [4.69, 9.17) is 21.4 Å². The van der Waals surface area contributed by atoms with Gasteiger partial charge in [0.25, 0.3) is 0 Å². The van der Waals surface area contributed by atoms with Gasteiger partial charge >= 0.3 is 5.97 Å². The highest BCUT2D eigenvalue weighted by Crippen LogP contribution is 2.26. The first-order chi connectivity index (χ1) is 8.56. The molecule has 0 aliphatic heterocycles. The zero-order valence-corrected chi connectivity index (χ0v) is 10.7. The van der Waals surface area contributed by atoms with Crippen LogP contribution in [0.25, 0.3) is 0 Å². The van der Waals surface area contributed by atoms with Crippen LogP contribution in [0.4, 0.5) is 0 Å². The van der Waals surface area contributed by atoms with E-state index in [9.17, 15) is 9.59 Å². The fraction of sp³-hybridized carbons (Fsp3) is 0.333. The molecule has 0 atom stereocenters. The predicted octanol–water partition coefficient (Wildman–Crippen LogP) is 1.94. The maximum absolute atomic E-state index is 11.0. The highest BCUT2D eigenvalue weighted by molar-refractivity contribution is 6.33. The number of carbonyl (C=O) groups is 2. The number of carboxylic acids is 1. The molecule has 0 aliphatic carbocycles. The Morgan fingerprint density at radius 2 is 2.17 bits per heavy atom. The van der Waals surface area contributed by atoms with Crippen molar-refractivity contribution in [1.29, 1.82) is 0 Å². The summed E-state index contributed by atoms with van der Waals surface area (Å²) in [5.41, 5.74) is -0.0564. The Bertz CT molecular complexity index is 448. The van der Waals surface area contributed by atoms with Crippen molar-refractivity contribution >= 4 is 23.5 Å². The van der Waals surface area contributed by atoms with Crippen LogP contribution in [-0.4, -0.2) is 30.6 Å². The molecule has 1 amide bonds. The van der Waals surface area contributed by atoms with Crippen LogP contribution in [0.15, 0.2) is 18.2 Å². The minimum atomic E-state index is -1.14. The number of hydrogen-bond acceptors (Lipinski definition) is 3. The lowest BCUT2D eigenvalue weighted by molar-refractivity contribution is -0.120. The lowest BCUT2D eigenvalue weighted by atomic mass is 10.2. The SMILES string of the molecule is CNC(=O)CCCOc1cccc(Cl)c1C(=O)O. The fourth-order valence-corrected chi connectivity index (χ4v) is 1.62. The number of amides is 1. The summed E-state index contributed by atoms with van der Waals surface area (Å²) in [6.45, 7) is 0.258. The van der Waals surface area contributed by atoms with Gasteiger partial charge in [-0.1, -0.05) is 17.7 Å². The minimum absolute atomic E-state index is 0.0564. The van der Waals surface area contributed by atoms with Gasteiger partial charge in [0.1, 0.15) is 11.3 Å². The highest BCUT2D eigenvalue weighted by atomic mass is 35.5. The molecule has 6 heteroatoms. The van der Waals surface area contributed by atoms with E-state index in [0.717, 1.165) is 0 Å². The van der Waals surface area contributed by atoms with Crippen molar-refractivity contribution in [2.75, 3.05) is 13.7 Å². The maximum atomic E-state index is 11.0. The number of benzene rings is 1. The van der Waals surface area contributed by atoms with Crippen molar-refractivity contribution < 1.29 is 19.4 Å². The molecule has 1 rings (SSSR count). The molecule has 0 aromatic heterocycles. The molecule has 0 saturated carbocycles. The number of carboxylic acid groups (broad SMARTS) is 1. The van der Waals surface area contributed by atoms with Gasteiger partial charge in [0.15, 0.2) is 0 Å². The summed E-state index contributed by atoms with van der Waals surface area (Å²) in [4.78, 5) is 22.0. The average molecular weight is 272 g/mol. The standard InChI is InChI=1S/C12H14ClNO4/c1-14-10(15)6-3-7-18-9-5-2-4-8(13)11(9)12(16)17/h2,4-5H,3,6-7H2,1H3,(H,14,15)(H,16,17). The van der Waals surface area contributed by atoms with Gasteiger partial charge in [-0.15, -0.1) is 0 Å². The van der Waals surface area contributed by atoms with Gasteiger partial charge in [-0.3, -0.25) is 4.79 Å². The number of halogens is 1. The van der Waals surface area contributed by atoms with Gasteiger partial charge in [-0.2, -0.15) is 0 Å². The first kappa shape index (κ1) is 14.3. The normalized spacial score (nSPS) is 9.89. The van der Waals surface area contributed by atoms with Crippen LogP contribution >= 0.6 is 11.6 Å². The molecule has 1 aromatic carbocycles. The van der Waals surface area contributed by atoms with E-state index in [1.165, 1.54) is 12.1 Å². The Hall–Kier alpha value is -1.75. The summed E-state index contributed by atoms with van der Waals surface area (Å²) in [7, 11) is 1.56. The van der Waals surface area contributed by atoms with Crippen molar-refractivity contribution in [3.63, 3.8) is 0 Å². The molecule has 0 spiro atoms. The molecule has 18 heavy (non-hydrogen) atoms.